The van der Waals surface area contributed by atoms with Crippen molar-refractivity contribution in [2.24, 2.45) is 7.05 Å². The van der Waals surface area contributed by atoms with Crippen LogP contribution in [0.15, 0.2) is 0 Å². The van der Waals surface area contributed by atoms with Crippen molar-refractivity contribution in [3.63, 3.8) is 0 Å². The van der Waals surface area contributed by atoms with E-state index in [1.807, 2.05) is 0 Å². The van der Waals surface area contributed by atoms with Crippen molar-refractivity contribution >= 4 is 0 Å². The van der Waals surface area contributed by atoms with E-state index >= 15 is 0 Å². The highest BCUT2D eigenvalue weighted by molar-refractivity contribution is 4.95. The SMILES string of the molecule is CCNC1CCC(O)(Cc2nnn(C)n2)CC1. The standard InChI is InChI=1S/C11H21N5O/c1-3-12-9-4-6-11(17,7-5-9)8-10-13-15-16(2)14-10/h9,12,17H,3-8H2,1-2H3. The lowest BCUT2D eigenvalue weighted by atomic mass is 9.80. The average molecular weight is 239 g/mol. The smallest absolute Gasteiger partial charge is 0.177 e. The highest BCUT2D eigenvalue weighted by Crippen LogP contribution is 2.30. The summed E-state index contributed by atoms with van der Waals surface area (Å²) < 4.78 is 0. The summed E-state index contributed by atoms with van der Waals surface area (Å²) >= 11 is 0. The van der Waals surface area contributed by atoms with Crippen LogP contribution in [0.2, 0.25) is 0 Å². The fraction of sp³-hybridized carbons (Fsp3) is 0.909. The van der Waals surface area contributed by atoms with Crippen LogP contribution in [-0.4, -0.2) is 43.5 Å². The van der Waals surface area contributed by atoms with Gasteiger partial charge in [-0.15, -0.1) is 10.2 Å². The molecule has 0 bridgehead atoms. The Kier molecular flexibility index (Phi) is 3.73. The average Bonchev–Trinajstić information content (AvgIpc) is 2.68. The van der Waals surface area contributed by atoms with Crippen LogP contribution >= 0.6 is 0 Å². The second-order valence-corrected chi connectivity index (χ2v) is 4.93. The summed E-state index contributed by atoms with van der Waals surface area (Å²) in [5.41, 5.74) is -0.644. The molecule has 0 unspecified atom stereocenters. The number of aromatic nitrogens is 4. The van der Waals surface area contributed by atoms with Crippen LogP contribution in [-0.2, 0) is 13.5 Å². The van der Waals surface area contributed by atoms with E-state index in [1.54, 1.807) is 7.05 Å². The first-order valence-electron chi connectivity index (χ1n) is 6.30. The van der Waals surface area contributed by atoms with Gasteiger partial charge in [-0.25, -0.2) is 0 Å². The highest BCUT2D eigenvalue weighted by Gasteiger charge is 2.34. The number of nitrogens with zero attached hydrogens (tertiary/aromatic N) is 4. The molecular formula is C11H21N5O. The molecule has 1 aliphatic carbocycles. The van der Waals surface area contributed by atoms with Crippen molar-refractivity contribution in [3.8, 4) is 0 Å². The maximum Gasteiger partial charge on any atom is 0.177 e. The Morgan fingerprint density at radius 2 is 2.18 bits per heavy atom. The molecule has 2 rings (SSSR count). The highest BCUT2D eigenvalue weighted by atomic mass is 16.3. The molecular weight excluding hydrogens is 218 g/mol. The second-order valence-electron chi connectivity index (χ2n) is 4.93. The maximum absolute atomic E-state index is 10.5. The lowest BCUT2D eigenvalue weighted by molar-refractivity contribution is -0.00462. The normalized spacial score (nSPS) is 29.5. The van der Waals surface area contributed by atoms with Crippen molar-refractivity contribution in [2.75, 3.05) is 6.54 Å². The Balaban J connectivity index is 1.89. The molecule has 0 spiro atoms. The zero-order chi connectivity index (χ0) is 12.3. The molecule has 1 aliphatic rings. The van der Waals surface area contributed by atoms with E-state index in [0.717, 1.165) is 32.2 Å². The molecule has 0 atom stereocenters. The third kappa shape index (κ3) is 3.23. The molecule has 1 saturated carbocycles. The molecule has 1 heterocycles. The van der Waals surface area contributed by atoms with Gasteiger partial charge in [0, 0.05) is 12.5 Å². The lowest BCUT2D eigenvalue weighted by Gasteiger charge is -2.35. The minimum Gasteiger partial charge on any atom is -0.389 e. The summed E-state index contributed by atoms with van der Waals surface area (Å²) in [7, 11) is 1.74. The largest absolute Gasteiger partial charge is 0.389 e. The van der Waals surface area contributed by atoms with E-state index in [1.165, 1.54) is 4.80 Å². The zero-order valence-electron chi connectivity index (χ0n) is 10.6. The first-order chi connectivity index (χ1) is 8.11. The van der Waals surface area contributed by atoms with Gasteiger partial charge in [-0.05, 0) is 37.4 Å². The summed E-state index contributed by atoms with van der Waals surface area (Å²) in [6.07, 6.45) is 4.17. The summed E-state index contributed by atoms with van der Waals surface area (Å²) in [5.74, 6) is 0.636. The zero-order valence-corrected chi connectivity index (χ0v) is 10.6. The van der Waals surface area contributed by atoms with Gasteiger partial charge in [0.15, 0.2) is 5.82 Å². The molecule has 0 aromatic carbocycles. The number of tetrazole rings is 1. The van der Waals surface area contributed by atoms with Gasteiger partial charge in [-0.2, -0.15) is 4.80 Å². The van der Waals surface area contributed by atoms with Gasteiger partial charge in [0.1, 0.15) is 0 Å². The van der Waals surface area contributed by atoms with Gasteiger partial charge in [0.05, 0.1) is 12.6 Å². The van der Waals surface area contributed by atoms with E-state index in [4.69, 9.17) is 0 Å². The number of hydrogen-bond acceptors (Lipinski definition) is 5. The predicted octanol–water partition coefficient (Wildman–Crippen LogP) is 0.0358. The molecule has 1 aromatic rings. The Labute approximate surface area is 101 Å². The van der Waals surface area contributed by atoms with Gasteiger partial charge in [-0.3, -0.25) is 0 Å². The van der Waals surface area contributed by atoms with Crippen LogP contribution in [0, 0.1) is 0 Å². The van der Waals surface area contributed by atoms with E-state index in [0.29, 0.717) is 18.3 Å². The van der Waals surface area contributed by atoms with Crippen molar-refractivity contribution in [1.82, 2.24) is 25.5 Å². The molecule has 96 valence electrons. The molecule has 0 radical (unpaired) electrons. The van der Waals surface area contributed by atoms with Gasteiger partial charge in [-0.1, -0.05) is 6.92 Å². The molecule has 6 heteroatoms. The van der Waals surface area contributed by atoms with E-state index < -0.39 is 5.60 Å². The van der Waals surface area contributed by atoms with Crippen LogP contribution < -0.4 is 5.32 Å². The molecule has 6 nitrogen and oxygen atoms in total. The van der Waals surface area contributed by atoms with E-state index in [2.05, 4.69) is 27.7 Å². The molecule has 0 aliphatic heterocycles. The quantitative estimate of drug-likeness (QED) is 0.775. The molecule has 0 amide bonds. The van der Waals surface area contributed by atoms with Crippen molar-refractivity contribution < 1.29 is 5.11 Å². The summed E-state index contributed by atoms with van der Waals surface area (Å²) in [4.78, 5) is 1.43. The Hall–Kier alpha value is -1.01. The summed E-state index contributed by atoms with van der Waals surface area (Å²) in [6.45, 7) is 3.11. The third-order valence-electron chi connectivity index (χ3n) is 3.45. The fourth-order valence-corrected chi connectivity index (χ4v) is 2.51. The monoisotopic (exact) mass is 239 g/mol. The fourth-order valence-electron chi connectivity index (χ4n) is 2.51. The van der Waals surface area contributed by atoms with Crippen LogP contribution in [0.4, 0.5) is 0 Å². The number of aliphatic hydroxyl groups is 1. The first-order valence-corrected chi connectivity index (χ1v) is 6.30. The van der Waals surface area contributed by atoms with Gasteiger partial charge < -0.3 is 10.4 Å². The van der Waals surface area contributed by atoms with Gasteiger partial charge in [0.25, 0.3) is 0 Å². The maximum atomic E-state index is 10.5. The van der Waals surface area contributed by atoms with Crippen LogP contribution in [0.1, 0.15) is 38.4 Å². The number of hydrogen-bond donors (Lipinski definition) is 2. The molecule has 1 aromatic heterocycles. The van der Waals surface area contributed by atoms with Crippen LogP contribution in [0.25, 0.3) is 0 Å². The number of rotatable bonds is 4. The minimum absolute atomic E-state index is 0.514. The predicted molar refractivity (Wildman–Crippen MR) is 63.4 cm³/mol. The van der Waals surface area contributed by atoms with Crippen molar-refractivity contribution in [1.29, 1.82) is 0 Å². The Morgan fingerprint density at radius 3 is 2.71 bits per heavy atom. The molecule has 1 fully saturated rings. The van der Waals surface area contributed by atoms with Crippen molar-refractivity contribution in [3.05, 3.63) is 5.82 Å². The van der Waals surface area contributed by atoms with Crippen LogP contribution in [0.5, 0.6) is 0 Å². The number of aryl methyl sites for hydroxylation is 1. The Bertz CT molecular complexity index is 356. The summed E-state index contributed by atoms with van der Waals surface area (Å²) in [6, 6.07) is 0.551. The van der Waals surface area contributed by atoms with Gasteiger partial charge in [0.2, 0.25) is 0 Å². The summed E-state index contributed by atoms with van der Waals surface area (Å²) in [5, 5.41) is 25.8. The first kappa shape index (κ1) is 12.4. The number of nitrogens with one attached hydrogen (secondary N) is 1. The minimum atomic E-state index is -0.644. The second kappa shape index (κ2) is 5.10. The topological polar surface area (TPSA) is 75.9 Å². The molecule has 2 N–H and O–H groups in total. The van der Waals surface area contributed by atoms with Crippen molar-refractivity contribution in [2.45, 2.75) is 50.7 Å². The Morgan fingerprint density at radius 1 is 1.47 bits per heavy atom. The van der Waals surface area contributed by atoms with Crippen LogP contribution in [0.3, 0.4) is 0 Å². The lowest BCUT2D eigenvalue weighted by Crippen LogP contribution is -2.42. The third-order valence-corrected chi connectivity index (χ3v) is 3.45. The molecule has 17 heavy (non-hydrogen) atoms. The molecule has 0 saturated heterocycles. The van der Waals surface area contributed by atoms with E-state index in [9.17, 15) is 5.11 Å². The van der Waals surface area contributed by atoms with E-state index in [-0.39, 0.29) is 0 Å². The van der Waals surface area contributed by atoms with Gasteiger partial charge >= 0.3 is 0 Å².